The molecule has 36 heavy (non-hydrogen) atoms. The molecule has 3 atom stereocenters. The SMILES string of the molecule is CCCCN1C=NC(CCSC)(OC(=O)OC)C1CC1CCC(C(c2cccc(F)c2)N(C)C)CC1. The number of rotatable bonds is 12. The summed E-state index contributed by atoms with van der Waals surface area (Å²) in [5.41, 5.74) is 0.162. The highest BCUT2D eigenvalue weighted by molar-refractivity contribution is 7.98. The highest BCUT2D eigenvalue weighted by atomic mass is 32.2. The molecule has 1 aromatic carbocycles. The summed E-state index contributed by atoms with van der Waals surface area (Å²) in [6, 6.07) is 7.28. The quantitative estimate of drug-likeness (QED) is 0.298. The van der Waals surface area contributed by atoms with E-state index in [9.17, 15) is 9.18 Å². The van der Waals surface area contributed by atoms with Crippen LogP contribution in [-0.4, -0.2) is 73.8 Å². The van der Waals surface area contributed by atoms with E-state index < -0.39 is 11.9 Å². The number of carbonyl (C=O) groups is 1. The van der Waals surface area contributed by atoms with Crippen LogP contribution in [0.4, 0.5) is 9.18 Å². The average molecular weight is 522 g/mol. The van der Waals surface area contributed by atoms with E-state index in [0.717, 1.165) is 62.8 Å². The molecule has 1 fully saturated rings. The molecular weight excluding hydrogens is 477 g/mol. The summed E-state index contributed by atoms with van der Waals surface area (Å²) in [5, 5.41) is 0. The van der Waals surface area contributed by atoms with E-state index in [4.69, 9.17) is 14.5 Å². The van der Waals surface area contributed by atoms with Crippen molar-refractivity contribution in [3.05, 3.63) is 35.6 Å². The second-order valence-electron chi connectivity index (χ2n) is 10.5. The third-order valence-corrected chi connectivity index (χ3v) is 8.46. The Morgan fingerprint density at radius 1 is 1.31 bits per heavy atom. The molecule has 1 aliphatic carbocycles. The van der Waals surface area contributed by atoms with E-state index in [2.05, 4.69) is 37.1 Å². The molecule has 1 heterocycles. The standard InChI is InChI=1S/C28H44FN3O3S/c1-6-7-16-32-20-30-28(15-17-36-5,35-27(33)34-4)25(32)18-21-11-13-22(14-12-21)26(31(2)3)23-9-8-10-24(29)19-23/h8-10,19-22,25-26H,6-7,11-18H2,1-5H3. The zero-order valence-corrected chi connectivity index (χ0v) is 23.4. The minimum absolute atomic E-state index is 0.0183. The Bertz CT molecular complexity index is 862. The number of methoxy groups -OCH3 is 1. The van der Waals surface area contributed by atoms with Gasteiger partial charge in [-0.1, -0.05) is 38.3 Å². The van der Waals surface area contributed by atoms with E-state index in [-0.39, 0.29) is 17.9 Å². The first kappa shape index (κ1) is 28.8. The lowest BCUT2D eigenvalue weighted by atomic mass is 9.73. The minimum Gasteiger partial charge on any atom is -0.438 e. The molecule has 0 saturated heterocycles. The number of hydrogen-bond acceptors (Lipinski definition) is 7. The van der Waals surface area contributed by atoms with Gasteiger partial charge in [0.1, 0.15) is 5.82 Å². The van der Waals surface area contributed by atoms with Crippen molar-refractivity contribution in [1.29, 1.82) is 0 Å². The van der Waals surface area contributed by atoms with Crippen LogP contribution in [-0.2, 0) is 9.47 Å². The molecule has 0 radical (unpaired) electrons. The lowest BCUT2D eigenvalue weighted by molar-refractivity contribution is -0.0589. The van der Waals surface area contributed by atoms with Crippen LogP contribution in [0.1, 0.15) is 69.9 Å². The number of nitrogens with zero attached hydrogens (tertiary/aromatic N) is 3. The largest absolute Gasteiger partial charge is 0.510 e. The fraction of sp³-hybridized carbons (Fsp3) is 0.714. The Morgan fingerprint density at radius 3 is 2.67 bits per heavy atom. The third kappa shape index (κ3) is 7.15. The monoisotopic (exact) mass is 521 g/mol. The summed E-state index contributed by atoms with van der Waals surface area (Å²) in [6.07, 6.45) is 11.5. The van der Waals surface area contributed by atoms with Gasteiger partial charge in [-0.3, -0.25) is 0 Å². The third-order valence-electron chi connectivity index (χ3n) is 7.85. The maximum absolute atomic E-state index is 14.0. The van der Waals surface area contributed by atoms with Crippen molar-refractivity contribution in [3.8, 4) is 0 Å². The highest BCUT2D eigenvalue weighted by Gasteiger charge is 2.49. The normalized spacial score (nSPS) is 26.9. The van der Waals surface area contributed by atoms with Gasteiger partial charge in [0.05, 0.1) is 19.5 Å². The van der Waals surface area contributed by atoms with Crippen molar-refractivity contribution < 1.29 is 18.7 Å². The van der Waals surface area contributed by atoms with E-state index in [1.807, 2.05) is 18.5 Å². The van der Waals surface area contributed by atoms with Gasteiger partial charge >= 0.3 is 6.16 Å². The lowest BCUT2D eigenvalue weighted by Crippen LogP contribution is -2.50. The van der Waals surface area contributed by atoms with Crippen molar-refractivity contribution in [2.45, 2.75) is 76.1 Å². The summed E-state index contributed by atoms with van der Waals surface area (Å²) in [6.45, 7) is 3.10. The molecule has 1 saturated carbocycles. The van der Waals surface area contributed by atoms with Crippen molar-refractivity contribution in [3.63, 3.8) is 0 Å². The number of aliphatic imine (C=N–C) groups is 1. The Hall–Kier alpha value is -1.80. The van der Waals surface area contributed by atoms with Crippen LogP contribution in [0, 0.1) is 17.7 Å². The molecule has 202 valence electrons. The van der Waals surface area contributed by atoms with Crippen molar-refractivity contribution >= 4 is 24.3 Å². The number of ether oxygens (including phenoxy) is 2. The maximum Gasteiger partial charge on any atom is 0.510 e. The van der Waals surface area contributed by atoms with E-state index in [0.29, 0.717) is 18.3 Å². The van der Waals surface area contributed by atoms with Crippen molar-refractivity contribution in [2.24, 2.45) is 16.8 Å². The summed E-state index contributed by atoms with van der Waals surface area (Å²) in [5.74, 6) is 1.70. The van der Waals surface area contributed by atoms with Crippen LogP contribution < -0.4 is 0 Å². The number of carbonyl (C=O) groups excluding carboxylic acids is 1. The van der Waals surface area contributed by atoms with Gasteiger partial charge in [0.2, 0.25) is 5.72 Å². The Labute approximate surface area is 221 Å². The van der Waals surface area contributed by atoms with Gasteiger partial charge in [0, 0.05) is 19.0 Å². The van der Waals surface area contributed by atoms with Gasteiger partial charge in [-0.2, -0.15) is 11.8 Å². The number of hydrogen-bond donors (Lipinski definition) is 0. The van der Waals surface area contributed by atoms with E-state index >= 15 is 0 Å². The molecule has 0 bridgehead atoms. The van der Waals surface area contributed by atoms with Crippen LogP contribution in [0.15, 0.2) is 29.3 Å². The molecule has 8 heteroatoms. The lowest BCUT2D eigenvalue weighted by Gasteiger charge is -2.41. The van der Waals surface area contributed by atoms with Gasteiger partial charge in [0.15, 0.2) is 0 Å². The van der Waals surface area contributed by atoms with Gasteiger partial charge < -0.3 is 19.3 Å². The van der Waals surface area contributed by atoms with Gasteiger partial charge in [0.25, 0.3) is 0 Å². The number of unbranched alkanes of at least 4 members (excludes halogenated alkanes) is 1. The Morgan fingerprint density at radius 2 is 2.06 bits per heavy atom. The maximum atomic E-state index is 14.0. The second-order valence-corrected chi connectivity index (χ2v) is 11.5. The van der Waals surface area contributed by atoms with Crippen LogP contribution in [0.2, 0.25) is 0 Å². The summed E-state index contributed by atoms with van der Waals surface area (Å²) in [4.78, 5) is 21.6. The number of benzene rings is 1. The number of thioether (sulfide) groups is 1. The van der Waals surface area contributed by atoms with E-state index in [1.54, 1.807) is 17.8 Å². The van der Waals surface area contributed by atoms with Crippen LogP contribution in [0.5, 0.6) is 0 Å². The molecule has 3 rings (SSSR count). The van der Waals surface area contributed by atoms with Gasteiger partial charge in [-0.15, -0.1) is 0 Å². The first-order valence-electron chi connectivity index (χ1n) is 13.3. The minimum atomic E-state index is -0.894. The predicted molar refractivity (Wildman–Crippen MR) is 146 cm³/mol. The predicted octanol–water partition coefficient (Wildman–Crippen LogP) is 6.37. The molecule has 1 aromatic rings. The summed E-state index contributed by atoms with van der Waals surface area (Å²) in [7, 11) is 5.54. The molecule has 0 aromatic heterocycles. The molecule has 0 spiro atoms. The molecule has 0 N–H and O–H groups in total. The van der Waals surface area contributed by atoms with Crippen molar-refractivity contribution in [1.82, 2.24) is 9.80 Å². The Kier molecular flexibility index (Phi) is 10.9. The zero-order chi connectivity index (χ0) is 26.1. The molecule has 0 amide bonds. The fourth-order valence-corrected chi connectivity index (χ4v) is 6.52. The van der Waals surface area contributed by atoms with Crippen molar-refractivity contribution in [2.75, 3.05) is 39.8 Å². The van der Waals surface area contributed by atoms with E-state index in [1.165, 1.54) is 13.2 Å². The topological polar surface area (TPSA) is 54.4 Å². The van der Waals surface area contributed by atoms with Crippen LogP contribution >= 0.6 is 11.8 Å². The highest BCUT2D eigenvalue weighted by Crippen LogP contribution is 2.43. The smallest absolute Gasteiger partial charge is 0.438 e. The van der Waals surface area contributed by atoms with Crippen LogP contribution in [0.3, 0.4) is 0 Å². The number of halogens is 1. The second kappa shape index (κ2) is 13.7. The van der Waals surface area contributed by atoms with Gasteiger partial charge in [-0.25, -0.2) is 14.2 Å². The first-order chi connectivity index (χ1) is 17.3. The molecule has 3 unspecified atom stereocenters. The first-order valence-corrected chi connectivity index (χ1v) is 14.7. The molecular formula is C28H44FN3O3S. The zero-order valence-electron chi connectivity index (χ0n) is 22.6. The molecule has 1 aliphatic heterocycles. The fourth-order valence-electron chi connectivity index (χ4n) is 6.02. The Balaban J connectivity index is 1.73. The van der Waals surface area contributed by atoms with Gasteiger partial charge in [-0.05, 0) is 81.3 Å². The molecule has 6 nitrogen and oxygen atoms in total. The average Bonchev–Trinajstić information content (AvgIpc) is 3.19. The molecule has 2 aliphatic rings. The van der Waals surface area contributed by atoms with Crippen LogP contribution in [0.25, 0.3) is 0 Å². The summed E-state index contributed by atoms with van der Waals surface area (Å²) < 4.78 is 24.8. The summed E-state index contributed by atoms with van der Waals surface area (Å²) >= 11 is 1.74.